The Morgan fingerprint density at radius 3 is 2.43 bits per heavy atom. The van der Waals surface area contributed by atoms with E-state index in [4.69, 9.17) is 0 Å². The minimum Gasteiger partial charge on any atom is -0.315 e. The molecular weight excluding hydrogens is 272 g/mol. The molecule has 1 aliphatic heterocycles. The van der Waals surface area contributed by atoms with Crippen LogP contribution in [0.2, 0.25) is 19.6 Å². The number of nitrogens with one attached hydrogen (secondary N) is 1. The average molecular weight is 305 g/mol. The summed E-state index contributed by atoms with van der Waals surface area (Å²) in [6.07, 6.45) is 3.91. The first-order valence-corrected chi connectivity index (χ1v) is 12.0. The molecule has 1 aromatic rings. The summed E-state index contributed by atoms with van der Waals surface area (Å²) in [6.45, 7) is 14.2. The van der Waals surface area contributed by atoms with Gasteiger partial charge in [0.1, 0.15) is 0 Å². The van der Waals surface area contributed by atoms with Crippen LogP contribution >= 0.6 is 0 Å². The van der Waals surface area contributed by atoms with Gasteiger partial charge in [-0.15, -0.1) is 0 Å². The van der Waals surface area contributed by atoms with Crippen molar-refractivity contribution in [3.05, 3.63) is 29.8 Å². The predicted octanol–water partition coefficient (Wildman–Crippen LogP) is 3.20. The number of nitrogens with zero attached hydrogens (tertiary/aromatic N) is 1. The van der Waals surface area contributed by atoms with Gasteiger partial charge < -0.3 is 5.32 Å². The van der Waals surface area contributed by atoms with Gasteiger partial charge in [0.25, 0.3) is 0 Å². The molecule has 2 rings (SSSR count). The normalized spacial score (nSPS) is 20.0. The van der Waals surface area contributed by atoms with Crippen molar-refractivity contribution in [2.45, 2.75) is 58.4 Å². The summed E-state index contributed by atoms with van der Waals surface area (Å²) in [5.74, 6) is 0. The van der Waals surface area contributed by atoms with Gasteiger partial charge in [0.15, 0.2) is 0 Å². The van der Waals surface area contributed by atoms with Gasteiger partial charge >= 0.3 is 0 Å². The van der Waals surface area contributed by atoms with Crippen molar-refractivity contribution in [1.82, 2.24) is 10.2 Å². The highest BCUT2D eigenvalue weighted by Gasteiger charge is 2.21. The SMILES string of the molecule is CCCN(Cc1ccc([Si](C)(C)C)cc1)C1CCCNC1. The number of hydrogen-bond donors (Lipinski definition) is 1. The van der Waals surface area contributed by atoms with E-state index in [9.17, 15) is 0 Å². The molecule has 1 aliphatic rings. The van der Waals surface area contributed by atoms with Crippen LogP contribution in [-0.2, 0) is 6.54 Å². The lowest BCUT2D eigenvalue weighted by atomic mass is 10.0. The molecule has 3 heteroatoms. The summed E-state index contributed by atoms with van der Waals surface area (Å²) in [7, 11) is -1.17. The Balaban J connectivity index is 2.02. The molecule has 1 heterocycles. The van der Waals surface area contributed by atoms with Crippen molar-refractivity contribution < 1.29 is 0 Å². The first kappa shape index (κ1) is 16.7. The number of benzene rings is 1. The highest BCUT2D eigenvalue weighted by molar-refractivity contribution is 6.88. The lowest BCUT2D eigenvalue weighted by Gasteiger charge is -2.34. The molecule has 118 valence electrons. The smallest absolute Gasteiger partial charge is 0.0775 e. The van der Waals surface area contributed by atoms with Crippen LogP contribution in [0.1, 0.15) is 31.7 Å². The predicted molar refractivity (Wildman–Crippen MR) is 96.0 cm³/mol. The molecule has 0 radical (unpaired) electrons. The molecule has 1 N–H and O–H groups in total. The molecule has 1 aromatic carbocycles. The lowest BCUT2D eigenvalue weighted by molar-refractivity contribution is 0.158. The van der Waals surface area contributed by atoms with Crippen LogP contribution in [0.4, 0.5) is 0 Å². The van der Waals surface area contributed by atoms with Gasteiger partial charge in [0.05, 0.1) is 8.07 Å². The highest BCUT2D eigenvalue weighted by atomic mass is 28.3. The highest BCUT2D eigenvalue weighted by Crippen LogP contribution is 2.15. The maximum Gasteiger partial charge on any atom is 0.0775 e. The van der Waals surface area contributed by atoms with Crippen LogP contribution in [0.3, 0.4) is 0 Å². The minimum absolute atomic E-state index is 0.718. The Morgan fingerprint density at radius 2 is 1.90 bits per heavy atom. The molecule has 1 saturated heterocycles. The van der Waals surface area contributed by atoms with E-state index in [1.807, 2.05) is 0 Å². The van der Waals surface area contributed by atoms with Gasteiger partial charge in [-0.3, -0.25) is 4.90 Å². The van der Waals surface area contributed by atoms with Crippen LogP contribution in [0.25, 0.3) is 0 Å². The van der Waals surface area contributed by atoms with E-state index >= 15 is 0 Å². The zero-order chi connectivity index (χ0) is 15.3. The fourth-order valence-corrected chi connectivity index (χ4v) is 4.33. The number of hydrogen-bond acceptors (Lipinski definition) is 2. The van der Waals surface area contributed by atoms with Gasteiger partial charge in [0.2, 0.25) is 0 Å². The summed E-state index contributed by atoms with van der Waals surface area (Å²) in [4.78, 5) is 2.68. The summed E-state index contributed by atoms with van der Waals surface area (Å²) in [6, 6.07) is 10.2. The molecule has 0 aliphatic carbocycles. The van der Waals surface area contributed by atoms with Gasteiger partial charge in [-0.2, -0.15) is 0 Å². The zero-order valence-electron chi connectivity index (χ0n) is 14.3. The molecule has 0 amide bonds. The van der Waals surface area contributed by atoms with Crippen LogP contribution in [0.5, 0.6) is 0 Å². The standard InChI is InChI=1S/C18H32N2Si/c1-5-13-20(17-7-6-12-19-14-17)15-16-8-10-18(11-9-16)21(2,3)4/h8-11,17,19H,5-7,12-15H2,1-4H3. The van der Waals surface area contributed by atoms with Crippen LogP contribution in [0.15, 0.2) is 24.3 Å². The second-order valence-corrected chi connectivity index (χ2v) is 12.5. The van der Waals surface area contributed by atoms with E-state index in [1.54, 1.807) is 5.19 Å². The molecule has 21 heavy (non-hydrogen) atoms. The van der Waals surface area contributed by atoms with E-state index in [-0.39, 0.29) is 0 Å². The Kier molecular flexibility index (Phi) is 6.03. The van der Waals surface area contributed by atoms with Crippen molar-refractivity contribution >= 4 is 13.3 Å². The van der Waals surface area contributed by atoms with E-state index in [0.29, 0.717) is 0 Å². The van der Waals surface area contributed by atoms with Crippen molar-refractivity contribution in [2.24, 2.45) is 0 Å². The average Bonchev–Trinajstić information content (AvgIpc) is 2.47. The van der Waals surface area contributed by atoms with E-state index in [2.05, 4.69) is 61.0 Å². The second-order valence-electron chi connectivity index (χ2n) is 7.42. The van der Waals surface area contributed by atoms with Crippen molar-refractivity contribution in [3.63, 3.8) is 0 Å². The second kappa shape index (κ2) is 7.57. The summed E-state index contributed by atoms with van der Waals surface area (Å²) in [5.41, 5.74) is 1.47. The molecule has 0 aromatic heterocycles. The topological polar surface area (TPSA) is 15.3 Å². The van der Waals surface area contributed by atoms with E-state index in [0.717, 1.165) is 19.1 Å². The molecule has 2 nitrogen and oxygen atoms in total. The van der Waals surface area contributed by atoms with Crippen LogP contribution in [0, 0.1) is 0 Å². The molecule has 1 fully saturated rings. The first-order valence-electron chi connectivity index (χ1n) is 8.55. The Hall–Kier alpha value is -0.643. The van der Waals surface area contributed by atoms with E-state index in [1.165, 1.54) is 37.9 Å². The largest absolute Gasteiger partial charge is 0.315 e. The maximum absolute atomic E-state index is 3.55. The summed E-state index contributed by atoms with van der Waals surface area (Å²) < 4.78 is 0. The molecule has 0 bridgehead atoms. The number of rotatable bonds is 6. The van der Waals surface area contributed by atoms with Gasteiger partial charge in [0, 0.05) is 19.1 Å². The molecular formula is C18H32N2Si. The van der Waals surface area contributed by atoms with Gasteiger partial charge in [-0.1, -0.05) is 56.0 Å². The van der Waals surface area contributed by atoms with Gasteiger partial charge in [-0.05, 0) is 37.9 Å². The monoisotopic (exact) mass is 304 g/mol. The number of piperidine rings is 1. The fourth-order valence-electron chi connectivity index (χ4n) is 3.17. The third kappa shape index (κ3) is 4.94. The molecule has 0 spiro atoms. The molecule has 0 saturated carbocycles. The fraction of sp³-hybridized carbons (Fsp3) is 0.667. The third-order valence-electron chi connectivity index (χ3n) is 4.50. The zero-order valence-corrected chi connectivity index (χ0v) is 15.3. The first-order chi connectivity index (χ1) is 10.0. The van der Waals surface area contributed by atoms with Crippen LogP contribution < -0.4 is 10.5 Å². The van der Waals surface area contributed by atoms with E-state index < -0.39 is 8.07 Å². The maximum atomic E-state index is 3.55. The Morgan fingerprint density at radius 1 is 1.19 bits per heavy atom. The summed E-state index contributed by atoms with van der Waals surface area (Å²) >= 11 is 0. The molecule has 1 atom stereocenters. The van der Waals surface area contributed by atoms with Crippen LogP contribution in [-0.4, -0.2) is 38.6 Å². The Labute approximate surface area is 131 Å². The Bertz CT molecular complexity index is 416. The van der Waals surface area contributed by atoms with Crippen molar-refractivity contribution in [3.8, 4) is 0 Å². The molecule has 1 unspecified atom stereocenters. The quantitative estimate of drug-likeness (QED) is 0.812. The van der Waals surface area contributed by atoms with Crippen molar-refractivity contribution in [2.75, 3.05) is 19.6 Å². The summed E-state index contributed by atoms with van der Waals surface area (Å²) in [5, 5.41) is 5.12. The third-order valence-corrected chi connectivity index (χ3v) is 6.57. The lowest BCUT2D eigenvalue weighted by Crippen LogP contribution is -2.46. The van der Waals surface area contributed by atoms with Crippen molar-refractivity contribution in [1.29, 1.82) is 0 Å². The minimum atomic E-state index is -1.17. The van der Waals surface area contributed by atoms with Gasteiger partial charge in [-0.25, -0.2) is 0 Å².